The van der Waals surface area contributed by atoms with E-state index in [1.807, 2.05) is 44.2 Å². The Morgan fingerprint density at radius 1 is 0.889 bits per heavy atom. The summed E-state index contributed by atoms with van der Waals surface area (Å²) in [5.41, 5.74) is 1.47. The Bertz CT molecular complexity index is 1150. The molecule has 0 aliphatic rings. The molecule has 8 heteroatoms. The normalized spacial score (nSPS) is 12.5. The lowest BCUT2D eigenvalue weighted by molar-refractivity contribution is -0.143. The summed E-state index contributed by atoms with van der Waals surface area (Å²) in [6.07, 6.45) is 1.06. The van der Waals surface area contributed by atoms with Crippen LogP contribution in [0.2, 0.25) is 15.1 Å². The van der Waals surface area contributed by atoms with Crippen molar-refractivity contribution in [3.63, 3.8) is 0 Å². The number of carbonyl (C=O) groups is 2. The summed E-state index contributed by atoms with van der Waals surface area (Å²) < 4.78 is 5.74. The van der Waals surface area contributed by atoms with Gasteiger partial charge in [0.1, 0.15) is 11.8 Å². The number of amides is 2. The van der Waals surface area contributed by atoms with Gasteiger partial charge in [-0.2, -0.15) is 0 Å². The summed E-state index contributed by atoms with van der Waals surface area (Å²) in [5.74, 6) is -0.277. The Balaban J connectivity index is 1.97. The highest BCUT2D eigenvalue weighted by Gasteiger charge is 2.32. The van der Waals surface area contributed by atoms with Crippen LogP contribution in [0.25, 0.3) is 0 Å². The van der Waals surface area contributed by atoms with Crippen molar-refractivity contribution in [1.82, 2.24) is 10.2 Å². The van der Waals surface area contributed by atoms with Crippen LogP contribution in [0.15, 0.2) is 72.8 Å². The number of para-hydroxylation sites is 1. The van der Waals surface area contributed by atoms with E-state index in [4.69, 9.17) is 39.5 Å². The maximum Gasteiger partial charge on any atom is 0.261 e. The summed E-state index contributed by atoms with van der Waals surface area (Å²) >= 11 is 19.1. The van der Waals surface area contributed by atoms with Gasteiger partial charge in [-0.25, -0.2) is 0 Å². The molecule has 2 atom stereocenters. The number of carbonyl (C=O) groups excluding carboxylic acids is 2. The highest BCUT2D eigenvalue weighted by molar-refractivity contribution is 6.36. The molecule has 3 rings (SSSR count). The quantitative estimate of drug-likeness (QED) is 0.295. The molecule has 2 amide bonds. The zero-order chi connectivity index (χ0) is 26.1. The average molecular weight is 548 g/mol. The first-order valence-corrected chi connectivity index (χ1v) is 12.9. The van der Waals surface area contributed by atoms with E-state index in [0.29, 0.717) is 32.8 Å². The van der Waals surface area contributed by atoms with Gasteiger partial charge in [0.2, 0.25) is 5.91 Å². The second-order valence-electron chi connectivity index (χ2n) is 8.46. The molecular formula is C28H29Cl3N2O3. The molecule has 0 bridgehead atoms. The summed E-state index contributed by atoms with van der Waals surface area (Å²) in [5, 5.41) is 4.23. The Morgan fingerprint density at radius 2 is 1.50 bits per heavy atom. The Morgan fingerprint density at radius 3 is 2.14 bits per heavy atom. The van der Waals surface area contributed by atoms with Gasteiger partial charge in [0.25, 0.3) is 5.91 Å². The van der Waals surface area contributed by atoms with Crippen molar-refractivity contribution in [3.8, 4) is 5.75 Å². The lowest BCUT2D eigenvalue weighted by atomic mass is 10.0. The predicted octanol–water partition coefficient (Wildman–Crippen LogP) is 6.58. The van der Waals surface area contributed by atoms with E-state index in [2.05, 4.69) is 5.32 Å². The maximum atomic E-state index is 13.6. The van der Waals surface area contributed by atoms with Crippen molar-refractivity contribution in [1.29, 1.82) is 0 Å². The molecule has 0 saturated carbocycles. The molecule has 0 fully saturated rings. The summed E-state index contributed by atoms with van der Waals surface area (Å²) in [6, 6.07) is 20.7. The smallest absolute Gasteiger partial charge is 0.261 e. The van der Waals surface area contributed by atoms with E-state index in [9.17, 15) is 9.59 Å². The highest BCUT2D eigenvalue weighted by Crippen LogP contribution is 2.28. The first-order chi connectivity index (χ1) is 17.3. The van der Waals surface area contributed by atoms with E-state index in [0.717, 1.165) is 12.0 Å². The monoisotopic (exact) mass is 546 g/mol. The third-order valence-electron chi connectivity index (χ3n) is 5.85. The van der Waals surface area contributed by atoms with Crippen molar-refractivity contribution in [2.24, 2.45) is 0 Å². The molecule has 0 heterocycles. The molecule has 0 saturated heterocycles. The van der Waals surface area contributed by atoms with Crippen molar-refractivity contribution in [2.45, 2.75) is 45.3 Å². The van der Waals surface area contributed by atoms with Gasteiger partial charge in [0, 0.05) is 34.6 Å². The zero-order valence-corrected chi connectivity index (χ0v) is 22.5. The van der Waals surface area contributed by atoms with Crippen LogP contribution in [0.5, 0.6) is 5.75 Å². The van der Waals surface area contributed by atoms with Crippen LogP contribution in [-0.2, 0) is 22.6 Å². The Labute approximate surface area is 227 Å². The van der Waals surface area contributed by atoms with Crippen LogP contribution in [0.3, 0.4) is 0 Å². The number of benzene rings is 3. The Hall–Kier alpha value is -2.73. The number of rotatable bonds is 11. The number of hydrogen-bond donors (Lipinski definition) is 1. The van der Waals surface area contributed by atoms with Gasteiger partial charge in [-0.05, 0) is 43.2 Å². The number of halogens is 3. The minimum atomic E-state index is -0.823. The maximum absolute atomic E-state index is 13.6. The molecule has 5 nitrogen and oxygen atoms in total. The van der Waals surface area contributed by atoms with Gasteiger partial charge in [-0.3, -0.25) is 9.59 Å². The lowest BCUT2D eigenvalue weighted by Gasteiger charge is -2.32. The molecule has 0 spiro atoms. The number of nitrogens with zero attached hydrogens (tertiary/aromatic N) is 1. The summed E-state index contributed by atoms with van der Waals surface area (Å²) in [7, 11) is 0. The summed E-state index contributed by atoms with van der Waals surface area (Å²) in [6.45, 7) is 3.64. The van der Waals surface area contributed by atoms with Crippen LogP contribution in [0.1, 0.15) is 31.4 Å². The molecule has 3 aromatic carbocycles. The number of ether oxygens (including phenoxy) is 1. The first-order valence-electron chi connectivity index (χ1n) is 11.7. The molecule has 1 N–H and O–H groups in total. The fourth-order valence-corrected chi connectivity index (χ4v) is 4.34. The standard InChI is InChI=1S/C28H29Cl3N2O3/c1-3-19(2)32-28(35)25(16-20-10-5-4-6-11-20)33(17-21-22(29)13-9-14-23(21)30)27(34)18-36-26-15-8-7-12-24(26)31/h4-15,19,25H,3,16-18H2,1-2H3,(H,32,35)/t19-,25+/m1/s1. The van der Waals surface area contributed by atoms with E-state index in [1.165, 1.54) is 4.90 Å². The van der Waals surface area contributed by atoms with Crippen LogP contribution >= 0.6 is 34.8 Å². The Kier molecular flexibility index (Phi) is 10.5. The largest absolute Gasteiger partial charge is 0.482 e. The fraction of sp³-hybridized carbons (Fsp3) is 0.286. The second-order valence-corrected chi connectivity index (χ2v) is 9.69. The average Bonchev–Trinajstić information content (AvgIpc) is 2.87. The van der Waals surface area contributed by atoms with E-state index in [1.54, 1.807) is 42.5 Å². The van der Waals surface area contributed by atoms with Gasteiger partial charge in [0.15, 0.2) is 6.61 Å². The van der Waals surface area contributed by atoms with Crippen molar-refractivity contribution >= 4 is 46.6 Å². The minimum absolute atomic E-state index is 0.0364. The molecule has 36 heavy (non-hydrogen) atoms. The van der Waals surface area contributed by atoms with E-state index < -0.39 is 11.9 Å². The molecule has 3 aromatic rings. The number of nitrogens with one attached hydrogen (secondary N) is 1. The predicted molar refractivity (Wildman–Crippen MR) is 146 cm³/mol. The van der Waals surface area contributed by atoms with E-state index in [-0.39, 0.29) is 25.1 Å². The molecule has 190 valence electrons. The highest BCUT2D eigenvalue weighted by atomic mass is 35.5. The molecule has 0 aliphatic carbocycles. The van der Waals surface area contributed by atoms with Crippen LogP contribution in [-0.4, -0.2) is 35.4 Å². The van der Waals surface area contributed by atoms with Crippen molar-refractivity contribution in [3.05, 3.63) is 99.0 Å². The fourth-order valence-electron chi connectivity index (χ4n) is 3.63. The lowest BCUT2D eigenvalue weighted by Crippen LogP contribution is -2.53. The molecule has 0 unspecified atom stereocenters. The second kappa shape index (κ2) is 13.5. The minimum Gasteiger partial charge on any atom is -0.482 e. The molecule has 0 aliphatic heterocycles. The molecule has 0 radical (unpaired) electrons. The first kappa shape index (κ1) is 27.9. The third kappa shape index (κ3) is 7.63. The van der Waals surface area contributed by atoms with Gasteiger partial charge >= 0.3 is 0 Å². The molecular weight excluding hydrogens is 519 g/mol. The zero-order valence-electron chi connectivity index (χ0n) is 20.2. The van der Waals surface area contributed by atoms with Crippen molar-refractivity contribution in [2.75, 3.05) is 6.61 Å². The topological polar surface area (TPSA) is 58.6 Å². The number of hydrogen-bond acceptors (Lipinski definition) is 3. The van der Waals surface area contributed by atoms with E-state index >= 15 is 0 Å². The van der Waals surface area contributed by atoms with Gasteiger partial charge in [-0.15, -0.1) is 0 Å². The van der Waals surface area contributed by atoms with Crippen LogP contribution < -0.4 is 10.1 Å². The SMILES string of the molecule is CC[C@@H](C)NC(=O)[C@H](Cc1ccccc1)N(Cc1c(Cl)cccc1Cl)C(=O)COc1ccccc1Cl. The van der Waals surface area contributed by atoms with Gasteiger partial charge in [-0.1, -0.05) is 90.3 Å². The summed E-state index contributed by atoms with van der Waals surface area (Å²) in [4.78, 5) is 28.6. The van der Waals surface area contributed by atoms with Crippen molar-refractivity contribution < 1.29 is 14.3 Å². The van der Waals surface area contributed by atoms with Gasteiger partial charge in [0.05, 0.1) is 5.02 Å². The molecule has 0 aromatic heterocycles. The third-order valence-corrected chi connectivity index (χ3v) is 6.87. The van der Waals surface area contributed by atoms with Gasteiger partial charge < -0.3 is 15.0 Å². The van der Waals surface area contributed by atoms with Crippen LogP contribution in [0.4, 0.5) is 0 Å². The van der Waals surface area contributed by atoms with Crippen LogP contribution in [0, 0.1) is 0 Å².